The molecule has 0 radical (unpaired) electrons. The summed E-state index contributed by atoms with van der Waals surface area (Å²) in [6.07, 6.45) is 7.98. The van der Waals surface area contributed by atoms with Crippen molar-refractivity contribution in [1.82, 2.24) is 10.1 Å². The number of halogens is 1. The summed E-state index contributed by atoms with van der Waals surface area (Å²) in [5, 5.41) is 4.16. The zero-order valence-electron chi connectivity index (χ0n) is 16.7. The van der Waals surface area contributed by atoms with E-state index in [1.807, 2.05) is 48.3 Å². The minimum absolute atomic E-state index is 0. The number of carbonyl (C=O) groups is 1. The summed E-state index contributed by atoms with van der Waals surface area (Å²) in [5.41, 5.74) is 7.98. The lowest BCUT2D eigenvalue weighted by atomic mass is 9.85. The number of hydrogen-bond acceptors (Lipinski definition) is 4. The molecule has 5 nitrogen and oxygen atoms in total. The van der Waals surface area contributed by atoms with Gasteiger partial charge in [-0.3, -0.25) is 4.79 Å². The van der Waals surface area contributed by atoms with Crippen LogP contribution in [0.4, 0.5) is 0 Å². The topological polar surface area (TPSA) is 72.4 Å². The lowest BCUT2D eigenvalue weighted by Crippen LogP contribution is -2.39. The van der Waals surface area contributed by atoms with Gasteiger partial charge < -0.3 is 15.2 Å². The van der Waals surface area contributed by atoms with Gasteiger partial charge >= 0.3 is 0 Å². The lowest BCUT2D eigenvalue weighted by Gasteiger charge is -2.29. The summed E-state index contributed by atoms with van der Waals surface area (Å²) in [6.45, 7) is 0.816. The van der Waals surface area contributed by atoms with E-state index in [9.17, 15) is 4.79 Å². The third-order valence-corrected chi connectivity index (χ3v) is 5.49. The minimum atomic E-state index is 0. The third-order valence-electron chi connectivity index (χ3n) is 5.49. The summed E-state index contributed by atoms with van der Waals surface area (Å²) >= 11 is 0. The predicted molar refractivity (Wildman–Crippen MR) is 114 cm³/mol. The van der Waals surface area contributed by atoms with Crippen LogP contribution in [0.25, 0.3) is 11.3 Å². The first-order chi connectivity index (χ1) is 13.1. The van der Waals surface area contributed by atoms with Crippen LogP contribution >= 0.6 is 12.4 Å². The highest BCUT2D eigenvalue weighted by Crippen LogP contribution is 2.25. The van der Waals surface area contributed by atoms with Gasteiger partial charge in [-0.2, -0.15) is 0 Å². The van der Waals surface area contributed by atoms with Crippen LogP contribution in [-0.4, -0.2) is 35.6 Å². The number of unbranched alkanes of at least 4 members (excludes halogenated alkanes) is 2. The van der Waals surface area contributed by atoms with Crippen molar-refractivity contribution in [3.05, 3.63) is 42.2 Å². The molecular formula is C22H32ClN3O2. The lowest BCUT2D eigenvalue weighted by molar-refractivity contribution is -0.135. The fourth-order valence-electron chi connectivity index (χ4n) is 3.87. The Labute approximate surface area is 174 Å². The van der Waals surface area contributed by atoms with E-state index < -0.39 is 0 Å². The Hall–Kier alpha value is -1.85. The largest absolute Gasteiger partial charge is 0.361 e. The Morgan fingerprint density at radius 2 is 2.00 bits per heavy atom. The summed E-state index contributed by atoms with van der Waals surface area (Å²) in [6, 6.07) is 12.3. The molecule has 1 aromatic carbocycles. The van der Waals surface area contributed by atoms with Crippen LogP contribution in [-0.2, 0) is 11.2 Å². The number of hydrogen-bond donors (Lipinski definition) is 1. The van der Waals surface area contributed by atoms with Crippen molar-refractivity contribution < 1.29 is 9.32 Å². The Morgan fingerprint density at radius 1 is 1.21 bits per heavy atom. The first-order valence-corrected chi connectivity index (χ1v) is 10.1. The molecule has 1 aliphatic rings. The van der Waals surface area contributed by atoms with Crippen molar-refractivity contribution >= 4 is 18.3 Å². The molecular weight excluding hydrogens is 374 g/mol. The molecule has 0 spiro atoms. The number of benzene rings is 1. The first-order valence-electron chi connectivity index (χ1n) is 10.1. The Morgan fingerprint density at radius 3 is 2.75 bits per heavy atom. The second-order valence-electron chi connectivity index (χ2n) is 7.74. The molecule has 28 heavy (non-hydrogen) atoms. The minimum Gasteiger partial charge on any atom is -0.361 e. The zero-order chi connectivity index (χ0) is 19.1. The van der Waals surface area contributed by atoms with E-state index in [1.165, 1.54) is 0 Å². The molecule has 0 bridgehead atoms. The monoisotopic (exact) mass is 405 g/mol. The van der Waals surface area contributed by atoms with Gasteiger partial charge in [0, 0.05) is 43.6 Å². The number of aryl methyl sites for hydroxylation is 1. The number of aromatic nitrogens is 1. The molecule has 0 saturated heterocycles. The number of nitrogens with two attached hydrogens (primary N) is 1. The molecule has 2 atom stereocenters. The molecule has 6 heteroatoms. The fraction of sp³-hybridized carbons (Fsp3) is 0.545. The predicted octanol–water partition coefficient (Wildman–Crippen LogP) is 4.45. The molecule has 154 valence electrons. The van der Waals surface area contributed by atoms with Crippen molar-refractivity contribution in [3.63, 3.8) is 0 Å². The van der Waals surface area contributed by atoms with Gasteiger partial charge in [0.25, 0.3) is 0 Å². The second kappa shape index (κ2) is 11.2. The van der Waals surface area contributed by atoms with E-state index in [0.29, 0.717) is 0 Å². The van der Waals surface area contributed by atoms with Crippen LogP contribution in [0.1, 0.15) is 50.7 Å². The van der Waals surface area contributed by atoms with E-state index in [0.717, 1.165) is 74.9 Å². The highest BCUT2D eigenvalue weighted by atomic mass is 35.5. The summed E-state index contributed by atoms with van der Waals surface area (Å²) in [4.78, 5) is 14.4. The van der Waals surface area contributed by atoms with Crippen LogP contribution in [0.5, 0.6) is 0 Å². The summed E-state index contributed by atoms with van der Waals surface area (Å²) in [5.74, 6) is 1.33. The zero-order valence-corrected chi connectivity index (χ0v) is 17.5. The van der Waals surface area contributed by atoms with Crippen LogP contribution < -0.4 is 5.73 Å². The van der Waals surface area contributed by atoms with E-state index >= 15 is 0 Å². The Balaban J connectivity index is 0.00000280. The molecule has 1 amide bonds. The van der Waals surface area contributed by atoms with Gasteiger partial charge in [-0.1, -0.05) is 48.3 Å². The van der Waals surface area contributed by atoms with E-state index in [2.05, 4.69) is 5.16 Å². The average molecular weight is 406 g/mol. The molecule has 2 aromatic rings. The van der Waals surface area contributed by atoms with Crippen molar-refractivity contribution in [3.8, 4) is 11.3 Å². The Kier molecular flexibility index (Phi) is 9.00. The molecule has 3 rings (SSSR count). The molecule has 1 aromatic heterocycles. The van der Waals surface area contributed by atoms with Gasteiger partial charge in [-0.05, 0) is 32.1 Å². The van der Waals surface area contributed by atoms with Crippen LogP contribution in [0.2, 0.25) is 0 Å². The van der Waals surface area contributed by atoms with Crippen LogP contribution in [0.3, 0.4) is 0 Å². The standard InChI is InChI=1S/C22H31N3O2.ClH/c1-25(22(26)18-11-8-12-19(23)15-18)14-7-3-6-13-20-16-21(24-27-20)17-9-4-2-5-10-17;/h2,4-5,9-10,16,18-19H,3,6-8,11-15,23H2,1H3;1H. The first kappa shape index (κ1) is 22.4. The van der Waals surface area contributed by atoms with Gasteiger partial charge in [0.15, 0.2) is 0 Å². The van der Waals surface area contributed by atoms with Crippen molar-refractivity contribution in [2.75, 3.05) is 13.6 Å². The van der Waals surface area contributed by atoms with Gasteiger partial charge in [0.2, 0.25) is 5.91 Å². The van der Waals surface area contributed by atoms with Gasteiger partial charge in [0.05, 0.1) is 0 Å². The number of carbonyl (C=O) groups excluding carboxylic acids is 1. The number of nitrogens with zero attached hydrogens (tertiary/aromatic N) is 2. The molecule has 1 aliphatic carbocycles. The third kappa shape index (κ3) is 6.35. The van der Waals surface area contributed by atoms with Gasteiger partial charge in [-0.25, -0.2) is 0 Å². The average Bonchev–Trinajstić information content (AvgIpc) is 3.16. The quantitative estimate of drug-likeness (QED) is 0.658. The van der Waals surface area contributed by atoms with Gasteiger partial charge in [-0.15, -0.1) is 12.4 Å². The van der Waals surface area contributed by atoms with Gasteiger partial charge in [0.1, 0.15) is 11.5 Å². The van der Waals surface area contributed by atoms with Crippen molar-refractivity contribution in [1.29, 1.82) is 0 Å². The van der Waals surface area contributed by atoms with E-state index in [-0.39, 0.29) is 30.3 Å². The smallest absolute Gasteiger partial charge is 0.225 e. The summed E-state index contributed by atoms with van der Waals surface area (Å²) in [7, 11) is 1.92. The van der Waals surface area contributed by atoms with Crippen LogP contribution in [0.15, 0.2) is 40.9 Å². The maximum absolute atomic E-state index is 12.5. The van der Waals surface area contributed by atoms with Crippen molar-refractivity contribution in [2.24, 2.45) is 11.7 Å². The molecule has 2 N–H and O–H groups in total. The summed E-state index contributed by atoms with van der Waals surface area (Å²) < 4.78 is 5.45. The number of rotatable bonds is 8. The maximum atomic E-state index is 12.5. The molecule has 1 saturated carbocycles. The van der Waals surface area contributed by atoms with Crippen LogP contribution in [0, 0.1) is 5.92 Å². The highest BCUT2D eigenvalue weighted by molar-refractivity contribution is 5.85. The fourth-order valence-corrected chi connectivity index (χ4v) is 3.87. The maximum Gasteiger partial charge on any atom is 0.225 e. The SMILES string of the molecule is CN(CCCCCc1cc(-c2ccccc2)no1)C(=O)C1CCCC(N)C1.Cl. The second-order valence-corrected chi connectivity index (χ2v) is 7.74. The molecule has 1 fully saturated rings. The molecule has 2 unspecified atom stereocenters. The Bertz CT molecular complexity index is 720. The molecule has 0 aliphatic heterocycles. The number of amides is 1. The highest BCUT2D eigenvalue weighted by Gasteiger charge is 2.27. The normalized spacial score (nSPS) is 19.1. The van der Waals surface area contributed by atoms with E-state index in [1.54, 1.807) is 0 Å². The molecule has 1 heterocycles. The van der Waals surface area contributed by atoms with E-state index in [4.69, 9.17) is 10.3 Å². The van der Waals surface area contributed by atoms with Crippen molar-refractivity contribution in [2.45, 2.75) is 57.4 Å².